The van der Waals surface area contributed by atoms with Crippen molar-refractivity contribution in [1.29, 1.82) is 0 Å². The van der Waals surface area contributed by atoms with Crippen LogP contribution in [0.3, 0.4) is 0 Å². The number of rotatable bonds is 5. The number of hydrogen-bond donors (Lipinski definition) is 2. The van der Waals surface area contributed by atoms with E-state index in [-0.39, 0.29) is 11.8 Å². The lowest BCUT2D eigenvalue weighted by atomic mass is 10.1. The third-order valence-corrected chi connectivity index (χ3v) is 3.24. The van der Waals surface area contributed by atoms with Crippen LogP contribution in [0.2, 0.25) is 5.02 Å². The Morgan fingerprint density at radius 1 is 1.20 bits per heavy atom. The summed E-state index contributed by atoms with van der Waals surface area (Å²) in [6, 6.07) is 12.7. The number of anilines is 1. The van der Waals surface area contributed by atoms with Crippen molar-refractivity contribution in [2.75, 3.05) is 11.9 Å². The number of phenolic OH excluding ortho intramolecular Hbond substituents is 1. The number of nitrogens with one attached hydrogen (secondary N) is 1. The van der Waals surface area contributed by atoms with Crippen LogP contribution in [0.5, 0.6) is 11.5 Å². The third-order valence-electron chi connectivity index (χ3n) is 3.00. The van der Waals surface area contributed by atoms with Gasteiger partial charge in [-0.3, -0.25) is 0 Å². The predicted molar refractivity (Wildman–Crippen MR) is 82.8 cm³/mol. The molecule has 0 unspecified atom stereocenters. The number of benzene rings is 2. The highest BCUT2D eigenvalue weighted by atomic mass is 35.5. The van der Waals surface area contributed by atoms with Gasteiger partial charge in [-0.25, -0.2) is 0 Å². The van der Waals surface area contributed by atoms with Crippen LogP contribution in [-0.4, -0.2) is 11.7 Å². The van der Waals surface area contributed by atoms with Gasteiger partial charge in [-0.15, -0.1) is 0 Å². The zero-order chi connectivity index (χ0) is 14.5. The summed E-state index contributed by atoms with van der Waals surface area (Å²) in [6.45, 7) is 4.58. The van der Waals surface area contributed by atoms with Crippen molar-refractivity contribution in [2.45, 2.75) is 19.9 Å². The standard InChI is InChI=1S/C16H18ClNO2/c1-3-20-14-7-5-13(6-8-14)18-11(2)15-10-12(17)4-9-16(15)19/h4-11,18-19H,3H2,1-2H3/t11-/m1/s1. The Kier molecular flexibility index (Phi) is 4.74. The second-order valence-electron chi connectivity index (χ2n) is 4.53. The van der Waals surface area contributed by atoms with Crippen LogP contribution < -0.4 is 10.1 Å². The molecule has 20 heavy (non-hydrogen) atoms. The molecule has 2 aromatic carbocycles. The molecule has 4 heteroatoms. The van der Waals surface area contributed by atoms with E-state index >= 15 is 0 Å². The van der Waals surface area contributed by atoms with Gasteiger partial charge >= 0.3 is 0 Å². The molecule has 0 fully saturated rings. The van der Waals surface area contributed by atoms with E-state index in [1.807, 2.05) is 38.1 Å². The highest BCUT2D eigenvalue weighted by molar-refractivity contribution is 6.30. The van der Waals surface area contributed by atoms with Crippen molar-refractivity contribution < 1.29 is 9.84 Å². The Morgan fingerprint density at radius 2 is 1.90 bits per heavy atom. The number of phenols is 1. The first-order valence-corrected chi connectivity index (χ1v) is 6.95. The number of ether oxygens (including phenoxy) is 1. The van der Waals surface area contributed by atoms with Crippen LogP contribution in [0.15, 0.2) is 42.5 Å². The smallest absolute Gasteiger partial charge is 0.120 e. The predicted octanol–water partition coefficient (Wildman–Crippen LogP) is 4.62. The molecule has 0 radical (unpaired) electrons. The highest BCUT2D eigenvalue weighted by Gasteiger charge is 2.11. The van der Waals surface area contributed by atoms with Crippen molar-refractivity contribution in [3.05, 3.63) is 53.1 Å². The van der Waals surface area contributed by atoms with E-state index in [9.17, 15) is 5.11 Å². The molecule has 0 saturated heterocycles. The Bertz CT molecular complexity index is 569. The Hall–Kier alpha value is -1.87. The van der Waals surface area contributed by atoms with E-state index < -0.39 is 0 Å². The summed E-state index contributed by atoms with van der Waals surface area (Å²) >= 11 is 5.96. The summed E-state index contributed by atoms with van der Waals surface area (Å²) in [5, 5.41) is 13.8. The molecule has 106 valence electrons. The summed E-state index contributed by atoms with van der Waals surface area (Å²) in [5.41, 5.74) is 1.73. The van der Waals surface area contributed by atoms with E-state index in [0.29, 0.717) is 11.6 Å². The number of aromatic hydroxyl groups is 1. The summed E-state index contributed by atoms with van der Waals surface area (Å²) < 4.78 is 5.40. The first kappa shape index (κ1) is 14.5. The molecular weight excluding hydrogens is 274 g/mol. The lowest BCUT2D eigenvalue weighted by Gasteiger charge is -2.17. The molecule has 2 rings (SSSR count). The van der Waals surface area contributed by atoms with Gasteiger partial charge in [0, 0.05) is 16.3 Å². The minimum absolute atomic E-state index is 0.0494. The Morgan fingerprint density at radius 3 is 2.55 bits per heavy atom. The first-order chi connectivity index (χ1) is 9.60. The molecule has 1 atom stereocenters. The quantitative estimate of drug-likeness (QED) is 0.845. The van der Waals surface area contributed by atoms with Gasteiger partial charge in [0.2, 0.25) is 0 Å². The fourth-order valence-electron chi connectivity index (χ4n) is 2.01. The minimum Gasteiger partial charge on any atom is -0.508 e. The molecule has 0 aliphatic carbocycles. The third kappa shape index (κ3) is 3.58. The molecule has 0 saturated carbocycles. The first-order valence-electron chi connectivity index (χ1n) is 6.58. The Balaban J connectivity index is 2.10. The van der Waals surface area contributed by atoms with Crippen LogP contribution in [0.1, 0.15) is 25.5 Å². The average Bonchev–Trinajstić information content (AvgIpc) is 2.44. The zero-order valence-corrected chi connectivity index (χ0v) is 12.3. The second-order valence-corrected chi connectivity index (χ2v) is 4.96. The van der Waals surface area contributed by atoms with Crippen molar-refractivity contribution in [2.24, 2.45) is 0 Å². The van der Waals surface area contributed by atoms with E-state index in [2.05, 4.69) is 5.32 Å². The molecule has 2 aromatic rings. The lowest BCUT2D eigenvalue weighted by molar-refractivity contribution is 0.340. The summed E-state index contributed by atoms with van der Waals surface area (Å²) in [7, 11) is 0. The minimum atomic E-state index is -0.0494. The Labute approximate surface area is 124 Å². The maximum Gasteiger partial charge on any atom is 0.120 e. The van der Waals surface area contributed by atoms with Gasteiger partial charge in [0.15, 0.2) is 0 Å². The summed E-state index contributed by atoms with van der Waals surface area (Å²) in [6.07, 6.45) is 0. The van der Waals surface area contributed by atoms with Gasteiger partial charge in [0.1, 0.15) is 11.5 Å². The van der Waals surface area contributed by atoms with Crippen molar-refractivity contribution in [1.82, 2.24) is 0 Å². The van der Waals surface area contributed by atoms with Gasteiger partial charge in [0.25, 0.3) is 0 Å². The fourth-order valence-corrected chi connectivity index (χ4v) is 2.19. The van der Waals surface area contributed by atoms with Gasteiger partial charge < -0.3 is 15.2 Å². The van der Waals surface area contributed by atoms with E-state index in [0.717, 1.165) is 17.0 Å². The maximum atomic E-state index is 9.88. The largest absolute Gasteiger partial charge is 0.508 e. The van der Waals surface area contributed by atoms with E-state index in [1.54, 1.807) is 18.2 Å². The molecule has 2 N–H and O–H groups in total. The van der Waals surface area contributed by atoms with Crippen LogP contribution in [-0.2, 0) is 0 Å². The van der Waals surface area contributed by atoms with Crippen LogP contribution in [0, 0.1) is 0 Å². The topological polar surface area (TPSA) is 41.5 Å². The van der Waals surface area contributed by atoms with Crippen LogP contribution in [0.25, 0.3) is 0 Å². The van der Waals surface area contributed by atoms with Gasteiger partial charge in [-0.05, 0) is 56.3 Å². The summed E-state index contributed by atoms with van der Waals surface area (Å²) in [5.74, 6) is 1.08. The molecular formula is C16H18ClNO2. The summed E-state index contributed by atoms with van der Waals surface area (Å²) in [4.78, 5) is 0. The van der Waals surface area contributed by atoms with E-state index in [4.69, 9.17) is 16.3 Å². The second kappa shape index (κ2) is 6.53. The van der Waals surface area contributed by atoms with Crippen molar-refractivity contribution in [3.63, 3.8) is 0 Å². The average molecular weight is 292 g/mol. The molecule has 0 spiro atoms. The zero-order valence-electron chi connectivity index (χ0n) is 11.6. The SMILES string of the molecule is CCOc1ccc(N[C@H](C)c2cc(Cl)ccc2O)cc1. The highest BCUT2D eigenvalue weighted by Crippen LogP contribution is 2.29. The fraction of sp³-hybridized carbons (Fsp3) is 0.250. The molecule has 0 amide bonds. The number of hydrogen-bond acceptors (Lipinski definition) is 3. The molecule has 0 aliphatic rings. The monoisotopic (exact) mass is 291 g/mol. The van der Waals surface area contributed by atoms with Gasteiger partial charge in [-0.2, -0.15) is 0 Å². The molecule has 0 heterocycles. The van der Waals surface area contributed by atoms with Gasteiger partial charge in [-0.1, -0.05) is 11.6 Å². The molecule has 0 aliphatic heterocycles. The molecule has 0 bridgehead atoms. The maximum absolute atomic E-state index is 9.88. The van der Waals surface area contributed by atoms with Crippen LogP contribution in [0.4, 0.5) is 5.69 Å². The van der Waals surface area contributed by atoms with Crippen molar-refractivity contribution in [3.8, 4) is 11.5 Å². The molecule has 3 nitrogen and oxygen atoms in total. The van der Waals surface area contributed by atoms with Crippen molar-refractivity contribution >= 4 is 17.3 Å². The normalized spacial score (nSPS) is 11.9. The van der Waals surface area contributed by atoms with Crippen LogP contribution >= 0.6 is 11.6 Å². The number of halogens is 1. The lowest BCUT2D eigenvalue weighted by Crippen LogP contribution is -2.06. The molecule has 0 aromatic heterocycles. The van der Waals surface area contributed by atoms with E-state index in [1.165, 1.54) is 0 Å². The van der Waals surface area contributed by atoms with Gasteiger partial charge in [0.05, 0.1) is 12.6 Å².